The number of esters is 1. The fraction of sp³-hybridized carbons (Fsp3) is 0.471. The molecule has 2 rings (SSSR count). The Morgan fingerprint density at radius 3 is 2.46 bits per heavy atom. The van der Waals surface area contributed by atoms with Gasteiger partial charge in [0.05, 0.1) is 22.3 Å². The Labute approximate surface area is 161 Å². The van der Waals surface area contributed by atoms with Crippen LogP contribution in [0.25, 0.3) is 0 Å². The lowest BCUT2D eigenvalue weighted by Gasteiger charge is -2.35. The van der Waals surface area contributed by atoms with Crippen LogP contribution in [0.1, 0.15) is 24.2 Å². The second kappa shape index (κ2) is 9.21. The highest BCUT2D eigenvalue weighted by Crippen LogP contribution is 2.22. The summed E-state index contributed by atoms with van der Waals surface area (Å²) in [5, 5.41) is 2.97. The minimum atomic E-state index is -0.707. The van der Waals surface area contributed by atoms with Gasteiger partial charge in [-0.25, -0.2) is 0 Å². The van der Waals surface area contributed by atoms with Gasteiger partial charge in [0, 0.05) is 18.7 Å². The molecule has 7 nitrogen and oxygen atoms in total. The maximum absolute atomic E-state index is 12.1. The lowest BCUT2D eigenvalue weighted by Crippen LogP contribution is -2.49. The van der Waals surface area contributed by atoms with E-state index in [9.17, 15) is 14.4 Å². The number of carbonyl (C=O) groups is 3. The second-order valence-electron chi connectivity index (χ2n) is 6.03. The number of amides is 2. The first-order chi connectivity index (χ1) is 12.3. The summed E-state index contributed by atoms with van der Waals surface area (Å²) in [5.74, 6) is -1.50. The highest BCUT2D eigenvalue weighted by Gasteiger charge is 2.26. The fourth-order valence-electron chi connectivity index (χ4n) is 2.56. The van der Waals surface area contributed by atoms with E-state index in [0.29, 0.717) is 18.1 Å². The zero-order valence-electron chi connectivity index (χ0n) is 14.5. The lowest BCUT2D eigenvalue weighted by atomic mass is 10.2. The molecule has 1 fully saturated rings. The molecule has 0 spiro atoms. The summed E-state index contributed by atoms with van der Waals surface area (Å²) in [6, 6.07) is 4.37. The standard InChI is InChI=1S/C17H20Cl2N2O5/c1-10-7-21(8-11(2)26-10)15(22)9-25-16(23)6-20-17(24)12-3-4-13(18)14(19)5-12/h3-5,10-11H,6-9H2,1-2H3,(H,20,24)/t10-,11-/m1/s1. The molecular formula is C17H20Cl2N2O5. The van der Waals surface area contributed by atoms with E-state index < -0.39 is 11.9 Å². The fourth-order valence-corrected chi connectivity index (χ4v) is 2.86. The number of nitrogens with one attached hydrogen (secondary N) is 1. The molecule has 1 aromatic carbocycles. The van der Waals surface area contributed by atoms with Gasteiger partial charge in [-0.2, -0.15) is 0 Å². The average molecular weight is 403 g/mol. The molecule has 1 aromatic rings. The molecule has 26 heavy (non-hydrogen) atoms. The molecule has 0 saturated carbocycles. The van der Waals surface area contributed by atoms with E-state index in [-0.39, 0.29) is 41.9 Å². The van der Waals surface area contributed by atoms with Crippen molar-refractivity contribution in [3.8, 4) is 0 Å². The molecule has 1 heterocycles. The van der Waals surface area contributed by atoms with Gasteiger partial charge in [-0.15, -0.1) is 0 Å². The Bertz CT molecular complexity index is 688. The number of hydrogen-bond donors (Lipinski definition) is 1. The SMILES string of the molecule is C[C@@H]1CN(C(=O)COC(=O)CNC(=O)c2ccc(Cl)c(Cl)c2)C[C@@H](C)O1. The van der Waals surface area contributed by atoms with Gasteiger partial charge in [0.15, 0.2) is 6.61 Å². The predicted octanol–water partition coefficient (Wildman–Crippen LogP) is 1.90. The van der Waals surface area contributed by atoms with Gasteiger partial charge in [-0.05, 0) is 32.0 Å². The van der Waals surface area contributed by atoms with Gasteiger partial charge in [-0.1, -0.05) is 23.2 Å². The summed E-state index contributed by atoms with van der Waals surface area (Å²) in [7, 11) is 0. The van der Waals surface area contributed by atoms with Gasteiger partial charge >= 0.3 is 5.97 Å². The maximum Gasteiger partial charge on any atom is 0.325 e. The van der Waals surface area contributed by atoms with Crippen molar-refractivity contribution in [1.29, 1.82) is 0 Å². The number of morpholine rings is 1. The third-order valence-electron chi connectivity index (χ3n) is 3.70. The van der Waals surface area contributed by atoms with Crippen molar-refractivity contribution in [1.82, 2.24) is 10.2 Å². The minimum absolute atomic E-state index is 0.0658. The van der Waals surface area contributed by atoms with Crippen LogP contribution in [-0.2, 0) is 19.1 Å². The zero-order chi connectivity index (χ0) is 19.3. The number of hydrogen-bond acceptors (Lipinski definition) is 5. The van der Waals surface area contributed by atoms with E-state index in [2.05, 4.69) is 5.32 Å². The van der Waals surface area contributed by atoms with Crippen LogP contribution in [0, 0.1) is 0 Å². The molecule has 142 valence electrons. The summed E-state index contributed by atoms with van der Waals surface area (Å²) in [5.41, 5.74) is 0.263. The van der Waals surface area contributed by atoms with Crippen LogP contribution in [0.5, 0.6) is 0 Å². The van der Waals surface area contributed by atoms with Crippen molar-refractivity contribution in [2.75, 3.05) is 26.2 Å². The van der Waals surface area contributed by atoms with Gasteiger partial charge < -0.3 is 19.7 Å². The smallest absolute Gasteiger partial charge is 0.325 e. The molecule has 1 N–H and O–H groups in total. The normalized spacial score (nSPS) is 19.8. The third-order valence-corrected chi connectivity index (χ3v) is 4.44. The van der Waals surface area contributed by atoms with Crippen molar-refractivity contribution in [3.63, 3.8) is 0 Å². The van der Waals surface area contributed by atoms with Crippen LogP contribution in [0.15, 0.2) is 18.2 Å². The predicted molar refractivity (Wildman–Crippen MR) is 96.3 cm³/mol. The minimum Gasteiger partial charge on any atom is -0.454 e. The first kappa shape index (κ1) is 20.5. The Kier molecular flexibility index (Phi) is 7.25. The molecule has 1 aliphatic heterocycles. The first-order valence-corrected chi connectivity index (χ1v) is 8.84. The number of benzene rings is 1. The molecule has 0 aliphatic carbocycles. The van der Waals surface area contributed by atoms with Crippen molar-refractivity contribution < 1.29 is 23.9 Å². The highest BCUT2D eigenvalue weighted by atomic mass is 35.5. The van der Waals surface area contributed by atoms with Crippen molar-refractivity contribution in [2.45, 2.75) is 26.1 Å². The zero-order valence-corrected chi connectivity index (χ0v) is 16.0. The van der Waals surface area contributed by atoms with Gasteiger partial charge in [-0.3, -0.25) is 14.4 Å². The van der Waals surface area contributed by atoms with E-state index in [1.54, 1.807) is 4.90 Å². The molecule has 0 aromatic heterocycles. The molecular weight excluding hydrogens is 383 g/mol. The Morgan fingerprint density at radius 1 is 1.19 bits per heavy atom. The Hall–Kier alpha value is -1.83. The van der Waals surface area contributed by atoms with Crippen LogP contribution < -0.4 is 5.32 Å². The second-order valence-corrected chi connectivity index (χ2v) is 6.84. The third kappa shape index (κ3) is 5.86. The number of halogens is 2. The molecule has 2 amide bonds. The van der Waals surface area contributed by atoms with Crippen LogP contribution in [0.3, 0.4) is 0 Å². The highest BCUT2D eigenvalue weighted by molar-refractivity contribution is 6.42. The van der Waals surface area contributed by atoms with Gasteiger partial charge in [0.2, 0.25) is 0 Å². The topological polar surface area (TPSA) is 84.9 Å². The summed E-state index contributed by atoms with van der Waals surface area (Å²) in [4.78, 5) is 37.4. The largest absolute Gasteiger partial charge is 0.454 e. The molecule has 9 heteroatoms. The quantitative estimate of drug-likeness (QED) is 0.760. The van der Waals surface area contributed by atoms with Crippen molar-refractivity contribution >= 4 is 41.0 Å². The Morgan fingerprint density at radius 2 is 1.85 bits per heavy atom. The maximum atomic E-state index is 12.1. The molecule has 0 unspecified atom stereocenters. The monoisotopic (exact) mass is 402 g/mol. The number of ether oxygens (including phenoxy) is 2. The van der Waals surface area contributed by atoms with Crippen LogP contribution in [-0.4, -0.2) is 61.1 Å². The van der Waals surface area contributed by atoms with E-state index >= 15 is 0 Å². The van der Waals surface area contributed by atoms with E-state index in [4.69, 9.17) is 32.7 Å². The Balaban J connectivity index is 1.75. The van der Waals surface area contributed by atoms with Gasteiger partial charge in [0.1, 0.15) is 6.54 Å². The van der Waals surface area contributed by atoms with E-state index in [1.807, 2.05) is 13.8 Å². The van der Waals surface area contributed by atoms with Crippen molar-refractivity contribution in [3.05, 3.63) is 33.8 Å². The lowest BCUT2D eigenvalue weighted by molar-refractivity contribution is -0.156. The molecule has 1 aliphatic rings. The van der Waals surface area contributed by atoms with E-state index in [0.717, 1.165) is 0 Å². The number of nitrogens with zero attached hydrogens (tertiary/aromatic N) is 1. The molecule has 0 bridgehead atoms. The summed E-state index contributed by atoms with van der Waals surface area (Å²) in [6.07, 6.45) is -0.132. The molecule has 1 saturated heterocycles. The van der Waals surface area contributed by atoms with E-state index in [1.165, 1.54) is 18.2 Å². The summed E-state index contributed by atoms with van der Waals surface area (Å²) < 4.78 is 10.5. The van der Waals surface area contributed by atoms with Crippen LogP contribution in [0.2, 0.25) is 10.0 Å². The first-order valence-electron chi connectivity index (χ1n) is 8.08. The summed E-state index contributed by atoms with van der Waals surface area (Å²) in [6.45, 7) is 3.92. The number of carbonyl (C=O) groups excluding carboxylic acids is 3. The van der Waals surface area contributed by atoms with Gasteiger partial charge in [0.25, 0.3) is 11.8 Å². The van der Waals surface area contributed by atoms with Crippen molar-refractivity contribution in [2.24, 2.45) is 0 Å². The molecule has 0 radical (unpaired) electrons. The molecule has 2 atom stereocenters. The summed E-state index contributed by atoms with van der Waals surface area (Å²) >= 11 is 11.6. The van der Waals surface area contributed by atoms with Crippen LogP contribution >= 0.6 is 23.2 Å². The average Bonchev–Trinajstić information content (AvgIpc) is 2.59. The number of rotatable bonds is 5. The van der Waals surface area contributed by atoms with Crippen LogP contribution in [0.4, 0.5) is 0 Å².